The predicted molar refractivity (Wildman–Crippen MR) is 47.2 cm³/mol. The fourth-order valence-corrected chi connectivity index (χ4v) is 0.873. The topological polar surface area (TPSA) is 74.6 Å². The minimum Gasteiger partial charge on any atom is -0.478 e. The van der Waals surface area contributed by atoms with Gasteiger partial charge < -0.3 is 10.2 Å². The van der Waals surface area contributed by atoms with Gasteiger partial charge in [0.05, 0.1) is 0 Å². The summed E-state index contributed by atoms with van der Waals surface area (Å²) in [7, 11) is 0. The van der Waals surface area contributed by atoms with Crippen molar-refractivity contribution in [2.24, 2.45) is 5.92 Å². The van der Waals surface area contributed by atoms with E-state index in [4.69, 9.17) is 5.11 Å². The molecule has 0 amide bonds. The highest BCUT2D eigenvalue weighted by Gasteiger charge is 2.25. The number of aliphatic hydroxyl groups excluding tert-OH is 1. The maximum absolute atomic E-state index is 11.0. The molecular weight excluding hydrogens is 172 g/mol. The van der Waals surface area contributed by atoms with Crippen molar-refractivity contribution in [1.82, 2.24) is 0 Å². The van der Waals surface area contributed by atoms with Gasteiger partial charge in [0.2, 0.25) is 0 Å². The van der Waals surface area contributed by atoms with Crippen LogP contribution in [-0.4, -0.2) is 28.1 Å². The van der Waals surface area contributed by atoms with Gasteiger partial charge in [-0.2, -0.15) is 0 Å². The molecule has 2 atom stereocenters. The van der Waals surface area contributed by atoms with Crippen molar-refractivity contribution in [3.8, 4) is 0 Å². The Bertz CT molecular complexity index is 232. The number of carboxylic acids is 1. The predicted octanol–water partition coefficient (Wildman–Crippen LogP) is 0.603. The van der Waals surface area contributed by atoms with Gasteiger partial charge in [0.1, 0.15) is 6.10 Å². The number of carbonyl (C=O) groups excluding carboxylic acids is 1. The largest absolute Gasteiger partial charge is 0.478 e. The minimum atomic E-state index is -1.26. The summed E-state index contributed by atoms with van der Waals surface area (Å²) in [5, 5.41) is 17.9. The maximum atomic E-state index is 11.0. The SMILES string of the molecule is C=C(C(=O)O)[C@@H](C)[C@H](O)C(=O)CC. The normalized spacial score (nSPS) is 14.7. The van der Waals surface area contributed by atoms with E-state index >= 15 is 0 Å². The van der Waals surface area contributed by atoms with Crippen LogP contribution in [0.4, 0.5) is 0 Å². The summed E-state index contributed by atoms with van der Waals surface area (Å²) >= 11 is 0. The van der Waals surface area contributed by atoms with E-state index in [0.29, 0.717) is 0 Å². The lowest BCUT2D eigenvalue weighted by molar-refractivity contribution is -0.134. The third-order valence-corrected chi connectivity index (χ3v) is 1.98. The highest BCUT2D eigenvalue weighted by Crippen LogP contribution is 2.14. The number of rotatable bonds is 5. The van der Waals surface area contributed by atoms with Crippen molar-refractivity contribution >= 4 is 11.8 Å². The van der Waals surface area contributed by atoms with Crippen molar-refractivity contribution < 1.29 is 19.8 Å². The van der Waals surface area contributed by atoms with Crippen molar-refractivity contribution in [2.45, 2.75) is 26.4 Å². The molecule has 74 valence electrons. The van der Waals surface area contributed by atoms with Crippen molar-refractivity contribution in [3.05, 3.63) is 12.2 Å². The molecule has 0 aliphatic heterocycles. The van der Waals surface area contributed by atoms with E-state index in [2.05, 4.69) is 6.58 Å². The molecule has 0 fully saturated rings. The zero-order valence-corrected chi connectivity index (χ0v) is 7.78. The van der Waals surface area contributed by atoms with E-state index in [0.717, 1.165) is 0 Å². The zero-order valence-electron chi connectivity index (χ0n) is 7.78. The molecule has 0 radical (unpaired) electrons. The molecule has 13 heavy (non-hydrogen) atoms. The van der Waals surface area contributed by atoms with E-state index in [1.54, 1.807) is 6.92 Å². The second-order valence-corrected chi connectivity index (χ2v) is 2.88. The van der Waals surface area contributed by atoms with E-state index in [-0.39, 0.29) is 17.8 Å². The molecule has 4 heteroatoms. The molecule has 0 aliphatic rings. The van der Waals surface area contributed by atoms with E-state index < -0.39 is 18.0 Å². The molecule has 0 spiro atoms. The smallest absolute Gasteiger partial charge is 0.331 e. The van der Waals surface area contributed by atoms with Gasteiger partial charge in [-0.15, -0.1) is 0 Å². The van der Waals surface area contributed by atoms with Gasteiger partial charge in [0, 0.05) is 17.9 Å². The van der Waals surface area contributed by atoms with Gasteiger partial charge >= 0.3 is 5.97 Å². The van der Waals surface area contributed by atoms with Crippen LogP contribution in [0.25, 0.3) is 0 Å². The molecule has 2 N–H and O–H groups in total. The standard InChI is InChI=1S/C9H14O4/c1-4-7(10)8(11)5(2)6(3)9(12)13/h5,8,11H,3-4H2,1-2H3,(H,12,13)/t5-,8+/m1/s1. The van der Waals surface area contributed by atoms with Crippen LogP contribution in [0.5, 0.6) is 0 Å². The van der Waals surface area contributed by atoms with Crippen LogP contribution in [0.1, 0.15) is 20.3 Å². The van der Waals surface area contributed by atoms with Gasteiger partial charge in [-0.1, -0.05) is 20.4 Å². The molecule has 0 saturated carbocycles. The fourth-order valence-electron chi connectivity index (χ4n) is 0.873. The zero-order chi connectivity index (χ0) is 10.6. The van der Waals surface area contributed by atoms with Crippen LogP contribution in [0, 0.1) is 5.92 Å². The molecule has 0 rings (SSSR count). The first kappa shape index (κ1) is 11.8. The molecule has 0 bridgehead atoms. The van der Waals surface area contributed by atoms with E-state index in [1.165, 1.54) is 6.92 Å². The highest BCUT2D eigenvalue weighted by atomic mass is 16.4. The Morgan fingerprint density at radius 1 is 1.46 bits per heavy atom. The number of aliphatic hydroxyl groups is 1. The average Bonchev–Trinajstić information content (AvgIpc) is 2.12. The van der Waals surface area contributed by atoms with E-state index in [1.807, 2.05) is 0 Å². The van der Waals surface area contributed by atoms with Crippen molar-refractivity contribution in [3.63, 3.8) is 0 Å². The Morgan fingerprint density at radius 2 is 1.92 bits per heavy atom. The third-order valence-electron chi connectivity index (χ3n) is 1.98. The third kappa shape index (κ3) is 2.99. The molecule has 0 aliphatic carbocycles. The molecule has 0 saturated heterocycles. The summed E-state index contributed by atoms with van der Waals surface area (Å²) in [6.45, 7) is 6.36. The Hall–Kier alpha value is -1.16. The van der Waals surface area contributed by atoms with Crippen LogP contribution < -0.4 is 0 Å². The molecule has 0 aromatic heterocycles. The second kappa shape index (κ2) is 4.77. The number of carboxylic acid groups (broad SMARTS) is 1. The monoisotopic (exact) mass is 186 g/mol. The van der Waals surface area contributed by atoms with Crippen molar-refractivity contribution in [1.29, 1.82) is 0 Å². The molecule has 0 aromatic rings. The summed E-state index contributed by atoms with van der Waals surface area (Å²) in [4.78, 5) is 21.4. The number of Topliss-reactive ketones (excluding diaryl/α,β-unsaturated/α-hetero) is 1. The summed E-state index contributed by atoms with van der Waals surface area (Å²) in [6, 6.07) is 0. The van der Waals surface area contributed by atoms with Crippen LogP contribution >= 0.6 is 0 Å². The lowest BCUT2D eigenvalue weighted by Crippen LogP contribution is -2.30. The van der Waals surface area contributed by atoms with Crippen molar-refractivity contribution in [2.75, 3.05) is 0 Å². The first-order chi connectivity index (χ1) is 5.91. The number of ketones is 1. The Balaban J connectivity index is 4.42. The van der Waals surface area contributed by atoms with Gasteiger partial charge in [-0.3, -0.25) is 4.79 Å². The van der Waals surface area contributed by atoms with Crippen LogP contribution in [0.15, 0.2) is 12.2 Å². The lowest BCUT2D eigenvalue weighted by Gasteiger charge is -2.16. The quantitative estimate of drug-likeness (QED) is 0.617. The molecule has 4 nitrogen and oxygen atoms in total. The van der Waals surface area contributed by atoms with Gasteiger partial charge in [0.15, 0.2) is 5.78 Å². The Kier molecular flexibility index (Phi) is 4.34. The van der Waals surface area contributed by atoms with E-state index in [9.17, 15) is 14.7 Å². The van der Waals surface area contributed by atoms with Crippen LogP contribution in [0.2, 0.25) is 0 Å². The summed E-state index contributed by atoms with van der Waals surface area (Å²) in [5.74, 6) is -2.28. The number of carbonyl (C=O) groups is 2. The summed E-state index contributed by atoms with van der Waals surface area (Å²) < 4.78 is 0. The molecule has 0 unspecified atom stereocenters. The van der Waals surface area contributed by atoms with Crippen LogP contribution in [0.3, 0.4) is 0 Å². The first-order valence-electron chi connectivity index (χ1n) is 4.04. The first-order valence-corrected chi connectivity index (χ1v) is 4.04. The average molecular weight is 186 g/mol. The van der Waals surface area contributed by atoms with Gasteiger partial charge in [0.25, 0.3) is 0 Å². The minimum absolute atomic E-state index is 0.144. The number of hydrogen-bond acceptors (Lipinski definition) is 3. The summed E-state index contributed by atoms with van der Waals surface area (Å²) in [5.41, 5.74) is -0.144. The summed E-state index contributed by atoms with van der Waals surface area (Å²) in [6.07, 6.45) is -1.06. The lowest BCUT2D eigenvalue weighted by atomic mass is 9.93. The second-order valence-electron chi connectivity index (χ2n) is 2.88. The molecule has 0 heterocycles. The Labute approximate surface area is 76.9 Å². The molecular formula is C9H14O4. The number of hydrogen-bond donors (Lipinski definition) is 2. The maximum Gasteiger partial charge on any atom is 0.331 e. The highest BCUT2D eigenvalue weighted by molar-refractivity contribution is 5.89. The molecule has 0 aromatic carbocycles. The van der Waals surface area contributed by atoms with Gasteiger partial charge in [-0.05, 0) is 0 Å². The van der Waals surface area contributed by atoms with Gasteiger partial charge in [-0.25, -0.2) is 4.79 Å². The fraction of sp³-hybridized carbons (Fsp3) is 0.556. The number of aliphatic carboxylic acids is 1. The van der Waals surface area contributed by atoms with Crippen LogP contribution in [-0.2, 0) is 9.59 Å². The Morgan fingerprint density at radius 3 is 2.23 bits per heavy atom.